The smallest absolute Gasteiger partial charge is 0.255 e. The molecule has 1 atom stereocenters. The van der Waals surface area contributed by atoms with Gasteiger partial charge in [0, 0.05) is 37.8 Å². The predicted molar refractivity (Wildman–Crippen MR) is 157 cm³/mol. The van der Waals surface area contributed by atoms with E-state index in [4.69, 9.17) is 0 Å². The Bertz CT molecular complexity index is 1620. The van der Waals surface area contributed by atoms with E-state index in [9.17, 15) is 14.3 Å². The Morgan fingerprint density at radius 3 is 2.52 bits per heavy atom. The van der Waals surface area contributed by atoms with E-state index in [-0.39, 0.29) is 34.7 Å². The van der Waals surface area contributed by atoms with Gasteiger partial charge >= 0.3 is 0 Å². The Kier molecular flexibility index (Phi) is 8.46. The number of anilines is 2. The van der Waals surface area contributed by atoms with Crippen molar-refractivity contribution in [1.29, 1.82) is 0 Å². The first-order valence-corrected chi connectivity index (χ1v) is 14.2. The summed E-state index contributed by atoms with van der Waals surface area (Å²) in [6.07, 6.45) is 1.44. The normalized spacial score (nSPS) is 15.3. The van der Waals surface area contributed by atoms with Crippen LogP contribution in [0.5, 0.6) is 0 Å². The summed E-state index contributed by atoms with van der Waals surface area (Å²) >= 11 is 0. The molecular weight excluding hydrogens is 542 g/mol. The van der Waals surface area contributed by atoms with Gasteiger partial charge in [0.05, 0.1) is 29.1 Å². The Morgan fingerprint density at radius 2 is 1.81 bits per heavy atom. The summed E-state index contributed by atoms with van der Waals surface area (Å²) in [5, 5.41) is 12.7. The van der Waals surface area contributed by atoms with Crippen molar-refractivity contribution < 1.29 is 18.7 Å². The maximum Gasteiger partial charge on any atom is 0.255 e. The molecule has 1 aliphatic rings. The molecule has 0 saturated carbocycles. The second-order valence-corrected chi connectivity index (χ2v) is 11.1. The topological polar surface area (TPSA) is 112 Å². The average molecular weight is 579 g/mol. The molecule has 1 aromatic carbocycles. The number of aryl methyl sites for hydroxylation is 2. The number of nitrogens with one attached hydrogen (secondary N) is 1. The van der Waals surface area contributed by atoms with Gasteiger partial charge in [0.15, 0.2) is 11.6 Å². The third-order valence-electron chi connectivity index (χ3n) is 7.41. The van der Waals surface area contributed by atoms with Crippen LogP contribution in [0, 0.1) is 25.5 Å². The second kappa shape index (κ2) is 12.1. The number of β-amino-alcohol motifs (C(OH)–C–C–N with tert-alkyl or cyclic N) is 1. The lowest BCUT2D eigenvalue weighted by atomic mass is 10.1. The van der Waals surface area contributed by atoms with Crippen molar-refractivity contribution in [1.82, 2.24) is 34.3 Å². The number of aliphatic hydroxyl groups is 1. The molecule has 0 bridgehead atoms. The van der Waals surface area contributed by atoms with Gasteiger partial charge < -0.3 is 19.9 Å². The van der Waals surface area contributed by atoms with Crippen LogP contribution >= 0.6 is 0 Å². The number of carbonyl (C=O) groups excluding carboxylic acids is 1. The Labute approximate surface area is 243 Å². The maximum absolute atomic E-state index is 15.0. The SMILES string of the molecule is Cc1nc(Nc2ncc(F)c(-c3cc(F)c4nc(C)n(C(C)C)c4c3)n2)ccc1C(=O)N1CCCN(CC(C)O)CC1. The maximum atomic E-state index is 15.0. The molecule has 1 saturated heterocycles. The van der Waals surface area contributed by atoms with Crippen LogP contribution in [0.3, 0.4) is 0 Å². The van der Waals surface area contributed by atoms with Crippen LogP contribution < -0.4 is 5.32 Å². The van der Waals surface area contributed by atoms with E-state index in [1.165, 1.54) is 6.07 Å². The summed E-state index contributed by atoms with van der Waals surface area (Å²) in [5.74, 6) is -0.220. The lowest BCUT2D eigenvalue weighted by Gasteiger charge is -2.23. The van der Waals surface area contributed by atoms with E-state index in [0.29, 0.717) is 54.6 Å². The number of nitrogens with zero attached hydrogens (tertiary/aromatic N) is 7. The van der Waals surface area contributed by atoms with Gasteiger partial charge in [-0.2, -0.15) is 0 Å². The van der Waals surface area contributed by atoms with Crippen molar-refractivity contribution in [2.75, 3.05) is 38.0 Å². The van der Waals surface area contributed by atoms with Crippen molar-refractivity contribution in [2.45, 2.75) is 53.2 Å². The fourth-order valence-corrected chi connectivity index (χ4v) is 5.56. The van der Waals surface area contributed by atoms with Gasteiger partial charge in [0.25, 0.3) is 5.91 Å². The molecule has 2 N–H and O–H groups in total. The highest BCUT2D eigenvalue weighted by atomic mass is 19.1. The van der Waals surface area contributed by atoms with Crippen molar-refractivity contribution in [3.63, 3.8) is 0 Å². The summed E-state index contributed by atoms with van der Waals surface area (Å²) in [4.78, 5) is 34.5. The number of fused-ring (bicyclic) bond motifs is 1. The first-order valence-electron chi connectivity index (χ1n) is 14.2. The Balaban J connectivity index is 1.36. The number of halogens is 2. The molecule has 1 aliphatic heterocycles. The van der Waals surface area contributed by atoms with Crippen molar-refractivity contribution >= 4 is 28.7 Å². The molecule has 1 unspecified atom stereocenters. The van der Waals surface area contributed by atoms with Gasteiger partial charge in [-0.15, -0.1) is 0 Å². The highest BCUT2D eigenvalue weighted by Gasteiger charge is 2.23. The molecule has 0 spiro atoms. The molecule has 5 rings (SSSR count). The fourth-order valence-electron chi connectivity index (χ4n) is 5.56. The van der Waals surface area contributed by atoms with E-state index in [1.54, 1.807) is 39.0 Å². The first kappa shape index (κ1) is 29.5. The van der Waals surface area contributed by atoms with Crippen molar-refractivity contribution in [3.05, 3.63) is 59.2 Å². The fraction of sp³-hybridized carbons (Fsp3) is 0.433. The second-order valence-electron chi connectivity index (χ2n) is 11.1. The molecule has 42 heavy (non-hydrogen) atoms. The van der Waals surface area contributed by atoms with Gasteiger partial charge in [0.2, 0.25) is 5.95 Å². The van der Waals surface area contributed by atoms with Crippen LogP contribution in [0.25, 0.3) is 22.3 Å². The Morgan fingerprint density at radius 1 is 1.02 bits per heavy atom. The van der Waals surface area contributed by atoms with E-state index >= 15 is 4.39 Å². The highest BCUT2D eigenvalue weighted by Crippen LogP contribution is 2.30. The summed E-state index contributed by atoms with van der Waals surface area (Å²) < 4.78 is 31.8. The average Bonchev–Trinajstić information content (AvgIpc) is 3.10. The number of imidazole rings is 1. The minimum atomic E-state index is -0.693. The molecule has 222 valence electrons. The molecule has 0 aliphatic carbocycles. The standard InChI is InChI=1S/C30H36F2N8O2/c1-17(2)40-20(5)35-28-23(31)13-21(14-25(28)40)27-24(32)15-33-30(37-27)36-26-8-7-22(19(4)34-26)29(42)39-10-6-9-38(11-12-39)16-18(3)41/h7-8,13-15,17-18,41H,6,9-12,16H2,1-5H3,(H,33,34,36,37). The summed E-state index contributed by atoms with van der Waals surface area (Å²) in [6, 6.07) is 6.30. The van der Waals surface area contributed by atoms with Gasteiger partial charge in [-0.1, -0.05) is 0 Å². The lowest BCUT2D eigenvalue weighted by molar-refractivity contribution is 0.0755. The number of hydrogen-bond acceptors (Lipinski definition) is 8. The number of benzene rings is 1. The summed E-state index contributed by atoms with van der Waals surface area (Å²) in [6.45, 7) is 12.6. The third kappa shape index (κ3) is 6.09. The van der Waals surface area contributed by atoms with Gasteiger partial charge in [-0.3, -0.25) is 9.69 Å². The minimum absolute atomic E-state index is 0.0328. The van der Waals surface area contributed by atoms with Gasteiger partial charge in [-0.25, -0.2) is 28.7 Å². The largest absolute Gasteiger partial charge is 0.392 e. The number of aromatic nitrogens is 5. The van der Waals surface area contributed by atoms with Crippen molar-refractivity contribution in [2.24, 2.45) is 0 Å². The van der Waals surface area contributed by atoms with E-state index < -0.39 is 17.7 Å². The van der Waals surface area contributed by atoms with E-state index in [1.807, 2.05) is 23.3 Å². The van der Waals surface area contributed by atoms with Crippen LogP contribution in [0.4, 0.5) is 20.5 Å². The van der Waals surface area contributed by atoms with Gasteiger partial charge in [0.1, 0.15) is 22.9 Å². The minimum Gasteiger partial charge on any atom is -0.392 e. The molecule has 1 fully saturated rings. The molecule has 1 amide bonds. The zero-order valence-corrected chi connectivity index (χ0v) is 24.5. The van der Waals surface area contributed by atoms with Crippen LogP contribution in [0.15, 0.2) is 30.5 Å². The third-order valence-corrected chi connectivity index (χ3v) is 7.41. The highest BCUT2D eigenvalue weighted by molar-refractivity contribution is 5.95. The molecule has 10 nitrogen and oxygen atoms in total. The van der Waals surface area contributed by atoms with Crippen LogP contribution in [0.1, 0.15) is 55.1 Å². The molecule has 0 radical (unpaired) electrons. The molecule has 3 aromatic heterocycles. The van der Waals surface area contributed by atoms with E-state index in [2.05, 4.69) is 30.2 Å². The monoisotopic (exact) mass is 578 g/mol. The number of hydrogen-bond donors (Lipinski definition) is 2. The van der Waals surface area contributed by atoms with Crippen molar-refractivity contribution in [3.8, 4) is 11.3 Å². The number of aliphatic hydroxyl groups excluding tert-OH is 1. The zero-order valence-electron chi connectivity index (χ0n) is 24.5. The number of carbonyl (C=O) groups is 1. The number of rotatable bonds is 7. The first-order chi connectivity index (χ1) is 20.0. The molecular formula is C30H36F2N8O2. The zero-order chi connectivity index (χ0) is 30.1. The molecule has 4 heterocycles. The van der Waals surface area contributed by atoms with Crippen LogP contribution in [0.2, 0.25) is 0 Å². The molecule has 12 heteroatoms. The number of amides is 1. The summed E-state index contributed by atoms with van der Waals surface area (Å²) in [7, 11) is 0. The number of pyridine rings is 1. The quantitative estimate of drug-likeness (QED) is 0.326. The molecule has 4 aromatic rings. The predicted octanol–water partition coefficient (Wildman–Crippen LogP) is 4.64. The van der Waals surface area contributed by atoms with Crippen LogP contribution in [-0.2, 0) is 0 Å². The van der Waals surface area contributed by atoms with Gasteiger partial charge in [-0.05, 0) is 71.8 Å². The summed E-state index contributed by atoms with van der Waals surface area (Å²) in [5.41, 5.74) is 2.01. The van der Waals surface area contributed by atoms with E-state index in [0.717, 1.165) is 19.2 Å². The Hall–Kier alpha value is -4.03. The van der Waals surface area contributed by atoms with Crippen LogP contribution in [-0.4, -0.2) is 84.1 Å². The lowest BCUT2D eigenvalue weighted by Crippen LogP contribution is -2.37.